The number of piperidine rings is 1. The average molecular weight is 283 g/mol. The van der Waals surface area contributed by atoms with E-state index in [9.17, 15) is 4.79 Å². The zero-order valence-electron chi connectivity index (χ0n) is 12.5. The first kappa shape index (κ1) is 14.0. The molecule has 3 rings (SSSR count). The molecule has 0 radical (unpaired) electrons. The van der Waals surface area contributed by atoms with Gasteiger partial charge in [-0.05, 0) is 45.4 Å². The number of benzene rings is 1. The molecule has 4 heteroatoms. The van der Waals surface area contributed by atoms with E-state index >= 15 is 0 Å². The Balaban J connectivity index is 1.84. The summed E-state index contributed by atoms with van der Waals surface area (Å²) in [5.41, 5.74) is 2.64. The van der Waals surface area contributed by atoms with Crippen LogP contribution in [0.1, 0.15) is 25.5 Å². The molecule has 0 aliphatic carbocycles. The Morgan fingerprint density at radius 2 is 2.19 bits per heavy atom. The fourth-order valence-corrected chi connectivity index (χ4v) is 2.95. The molecule has 1 aliphatic rings. The number of aryl methyl sites for hydroxylation is 1. The summed E-state index contributed by atoms with van der Waals surface area (Å²) < 4.78 is 0. The van der Waals surface area contributed by atoms with E-state index < -0.39 is 0 Å². The summed E-state index contributed by atoms with van der Waals surface area (Å²) in [7, 11) is 0. The fourth-order valence-electron chi connectivity index (χ4n) is 2.95. The quantitative estimate of drug-likeness (QED) is 0.891. The van der Waals surface area contributed by atoms with Crippen LogP contribution in [0.25, 0.3) is 10.9 Å². The van der Waals surface area contributed by atoms with Crippen LogP contribution in [0.15, 0.2) is 30.3 Å². The summed E-state index contributed by atoms with van der Waals surface area (Å²) in [6.45, 7) is 5.00. The Hall–Kier alpha value is -1.94. The molecule has 4 nitrogen and oxygen atoms in total. The Labute approximate surface area is 125 Å². The number of anilines is 1. The van der Waals surface area contributed by atoms with Crippen LogP contribution in [0.5, 0.6) is 0 Å². The first-order valence-electron chi connectivity index (χ1n) is 7.54. The zero-order chi connectivity index (χ0) is 14.8. The van der Waals surface area contributed by atoms with Gasteiger partial charge in [0.05, 0.1) is 11.2 Å². The SMILES string of the molecule is Cc1ccc2cccc(NC(=O)C3CCNC(C)C3)c2n1. The number of pyridine rings is 1. The molecule has 0 saturated carbocycles. The van der Waals surface area contributed by atoms with E-state index in [-0.39, 0.29) is 11.8 Å². The van der Waals surface area contributed by atoms with Gasteiger partial charge in [-0.3, -0.25) is 9.78 Å². The second-order valence-electron chi connectivity index (χ2n) is 5.90. The molecule has 1 aromatic carbocycles. The van der Waals surface area contributed by atoms with Crippen molar-refractivity contribution in [1.82, 2.24) is 10.3 Å². The largest absolute Gasteiger partial charge is 0.324 e. The number of nitrogens with one attached hydrogen (secondary N) is 2. The smallest absolute Gasteiger partial charge is 0.227 e. The molecule has 1 saturated heterocycles. The number of carbonyl (C=O) groups is 1. The summed E-state index contributed by atoms with van der Waals surface area (Å²) in [4.78, 5) is 17.0. The van der Waals surface area contributed by atoms with Gasteiger partial charge >= 0.3 is 0 Å². The van der Waals surface area contributed by atoms with Crippen molar-refractivity contribution < 1.29 is 4.79 Å². The lowest BCUT2D eigenvalue weighted by Crippen LogP contribution is -2.40. The van der Waals surface area contributed by atoms with E-state index in [2.05, 4.69) is 22.5 Å². The first-order valence-corrected chi connectivity index (χ1v) is 7.54. The standard InChI is InChI=1S/C17H21N3O/c1-11-6-7-13-4-3-5-15(16(13)19-11)20-17(21)14-8-9-18-12(2)10-14/h3-7,12,14,18H,8-10H2,1-2H3,(H,20,21). The third-order valence-electron chi connectivity index (χ3n) is 4.11. The Bertz CT molecular complexity index is 668. The van der Waals surface area contributed by atoms with E-state index in [1.807, 2.05) is 37.3 Å². The molecular weight excluding hydrogens is 262 g/mol. The van der Waals surface area contributed by atoms with Gasteiger partial charge in [0.25, 0.3) is 0 Å². The number of hydrogen-bond acceptors (Lipinski definition) is 3. The molecule has 1 fully saturated rings. The molecule has 2 unspecified atom stereocenters. The number of nitrogens with zero attached hydrogens (tertiary/aromatic N) is 1. The van der Waals surface area contributed by atoms with E-state index in [1.54, 1.807) is 0 Å². The second-order valence-corrected chi connectivity index (χ2v) is 5.90. The molecule has 2 N–H and O–H groups in total. The van der Waals surface area contributed by atoms with Crippen LogP contribution in [0.4, 0.5) is 5.69 Å². The average Bonchev–Trinajstić information content (AvgIpc) is 2.48. The molecule has 0 bridgehead atoms. The molecule has 110 valence electrons. The summed E-state index contributed by atoms with van der Waals surface area (Å²) in [5.74, 6) is 0.195. The Morgan fingerprint density at radius 1 is 1.33 bits per heavy atom. The summed E-state index contributed by atoms with van der Waals surface area (Å²) in [5, 5.41) is 7.50. The predicted molar refractivity (Wildman–Crippen MR) is 85.3 cm³/mol. The lowest BCUT2D eigenvalue weighted by atomic mass is 9.92. The number of hydrogen-bond donors (Lipinski definition) is 2. The Kier molecular flexibility index (Phi) is 3.88. The van der Waals surface area contributed by atoms with Crippen molar-refractivity contribution in [3.8, 4) is 0 Å². The van der Waals surface area contributed by atoms with Crippen molar-refractivity contribution in [2.24, 2.45) is 5.92 Å². The molecule has 21 heavy (non-hydrogen) atoms. The van der Waals surface area contributed by atoms with Crippen LogP contribution in [-0.2, 0) is 4.79 Å². The highest BCUT2D eigenvalue weighted by Crippen LogP contribution is 2.24. The van der Waals surface area contributed by atoms with Crippen molar-refractivity contribution in [1.29, 1.82) is 0 Å². The van der Waals surface area contributed by atoms with E-state index in [0.717, 1.165) is 41.7 Å². The van der Waals surface area contributed by atoms with Gasteiger partial charge in [-0.2, -0.15) is 0 Å². The Morgan fingerprint density at radius 3 is 3.00 bits per heavy atom. The topological polar surface area (TPSA) is 54.0 Å². The minimum Gasteiger partial charge on any atom is -0.324 e. The van der Waals surface area contributed by atoms with Gasteiger partial charge in [0.2, 0.25) is 5.91 Å². The summed E-state index contributed by atoms with van der Waals surface area (Å²) in [6, 6.07) is 10.3. The van der Waals surface area contributed by atoms with Gasteiger partial charge in [-0.1, -0.05) is 18.2 Å². The van der Waals surface area contributed by atoms with Crippen molar-refractivity contribution >= 4 is 22.5 Å². The van der Waals surface area contributed by atoms with Crippen molar-refractivity contribution in [2.75, 3.05) is 11.9 Å². The van der Waals surface area contributed by atoms with E-state index in [1.165, 1.54) is 0 Å². The molecule has 1 aliphatic heterocycles. The normalized spacial score (nSPS) is 22.2. The van der Waals surface area contributed by atoms with Crippen molar-refractivity contribution in [3.05, 3.63) is 36.0 Å². The van der Waals surface area contributed by atoms with Gasteiger partial charge < -0.3 is 10.6 Å². The lowest BCUT2D eigenvalue weighted by Gasteiger charge is -2.27. The highest BCUT2D eigenvalue weighted by atomic mass is 16.1. The minimum absolute atomic E-state index is 0.0846. The van der Waals surface area contributed by atoms with Crippen molar-refractivity contribution in [3.63, 3.8) is 0 Å². The molecule has 2 atom stereocenters. The fraction of sp³-hybridized carbons (Fsp3) is 0.412. The number of amides is 1. The van der Waals surface area contributed by atoms with Gasteiger partial charge in [0.1, 0.15) is 0 Å². The highest BCUT2D eigenvalue weighted by molar-refractivity contribution is 6.01. The van der Waals surface area contributed by atoms with Crippen LogP contribution in [0, 0.1) is 12.8 Å². The minimum atomic E-state index is 0.0846. The lowest BCUT2D eigenvalue weighted by molar-refractivity contribution is -0.120. The second kappa shape index (κ2) is 5.82. The van der Waals surface area contributed by atoms with Gasteiger partial charge in [0, 0.05) is 23.0 Å². The number of aromatic nitrogens is 1. The molecular formula is C17H21N3O. The number of carbonyl (C=O) groups excluding carboxylic acids is 1. The summed E-state index contributed by atoms with van der Waals surface area (Å²) in [6.07, 6.45) is 1.79. The number of rotatable bonds is 2. The van der Waals surface area contributed by atoms with Crippen LogP contribution in [-0.4, -0.2) is 23.5 Å². The molecule has 2 aromatic rings. The monoisotopic (exact) mass is 283 g/mol. The third kappa shape index (κ3) is 3.05. The van der Waals surface area contributed by atoms with E-state index in [0.29, 0.717) is 6.04 Å². The van der Waals surface area contributed by atoms with Crippen LogP contribution in [0.3, 0.4) is 0 Å². The van der Waals surface area contributed by atoms with Crippen LogP contribution < -0.4 is 10.6 Å². The number of fused-ring (bicyclic) bond motifs is 1. The maximum absolute atomic E-state index is 12.5. The maximum Gasteiger partial charge on any atom is 0.227 e. The van der Waals surface area contributed by atoms with Crippen molar-refractivity contribution in [2.45, 2.75) is 32.7 Å². The van der Waals surface area contributed by atoms with Crippen LogP contribution in [0.2, 0.25) is 0 Å². The van der Waals surface area contributed by atoms with Gasteiger partial charge in [-0.25, -0.2) is 0 Å². The molecule has 1 amide bonds. The third-order valence-corrected chi connectivity index (χ3v) is 4.11. The molecule has 2 heterocycles. The van der Waals surface area contributed by atoms with Crippen LogP contribution >= 0.6 is 0 Å². The van der Waals surface area contributed by atoms with Gasteiger partial charge in [0.15, 0.2) is 0 Å². The zero-order valence-corrected chi connectivity index (χ0v) is 12.5. The van der Waals surface area contributed by atoms with E-state index in [4.69, 9.17) is 0 Å². The first-order chi connectivity index (χ1) is 10.1. The molecule has 1 aromatic heterocycles. The maximum atomic E-state index is 12.5. The highest BCUT2D eigenvalue weighted by Gasteiger charge is 2.25. The predicted octanol–water partition coefficient (Wildman–Crippen LogP) is 2.87. The van der Waals surface area contributed by atoms with Gasteiger partial charge in [-0.15, -0.1) is 0 Å². The number of para-hydroxylation sites is 1. The molecule has 0 spiro atoms. The summed E-state index contributed by atoms with van der Waals surface area (Å²) >= 11 is 0.